The van der Waals surface area contributed by atoms with Gasteiger partial charge in [-0.2, -0.15) is 0 Å². The normalized spacial score (nSPS) is 13.3. The lowest BCUT2D eigenvalue weighted by Gasteiger charge is -2.31. The molecule has 0 bridgehead atoms. The number of likely N-dealkylation sites (tertiary alicyclic amines) is 1. The largest absolute Gasteiger partial charge is 0.496 e. The first-order valence-electron chi connectivity index (χ1n) is 12.4. The Kier molecular flexibility index (Phi) is 8.89. The number of fused-ring (bicyclic) bond motifs is 1. The number of nitrogens with two attached hydrogens (primary N) is 1. The predicted octanol–water partition coefficient (Wildman–Crippen LogP) is 5.42. The van der Waals surface area contributed by atoms with Crippen molar-refractivity contribution in [2.24, 2.45) is 0 Å². The number of terminal acetylenes is 1. The van der Waals surface area contributed by atoms with Crippen molar-refractivity contribution in [3.05, 3.63) is 60.2 Å². The van der Waals surface area contributed by atoms with Crippen molar-refractivity contribution in [2.75, 3.05) is 40.2 Å². The fourth-order valence-corrected chi connectivity index (χ4v) is 5.03. The number of hydrogen-bond acceptors (Lipinski definition) is 8. The van der Waals surface area contributed by atoms with E-state index in [1.54, 1.807) is 26.2 Å². The maximum absolute atomic E-state index is 11.7. The summed E-state index contributed by atoms with van der Waals surface area (Å²) in [6, 6.07) is 17.8. The van der Waals surface area contributed by atoms with Gasteiger partial charge in [0, 0.05) is 13.1 Å². The number of thiol groups is 1. The van der Waals surface area contributed by atoms with Crippen molar-refractivity contribution in [1.82, 2.24) is 10.1 Å². The van der Waals surface area contributed by atoms with E-state index in [-0.39, 0.29) is 5.91 Å². The van der Waals surface area contributed by atoms with Crippen molar-refractivity contribution in [3.8, 4) is 40.7 Å². The SMILES string of the molecule is C#CC(=O)N1CCC(c2cccc(-c3cc(OC)c4c(N)noc4c3)c2)CC1.COc1cccc(OC)c1S. The summed E-state index contributed by atoms with van der Waals surface area (Å²) in [7, 11) is 4.82. The fourth-order valence-electron chi connectivity index (χ4n) is 4.70. The summed E-state index contributed by atoms with van der Waals surface area (Å²) in [5.41, 5.74) is 9.77. The number of benzene rings is 3. The van der Waals surface area contributed by atoms with Crippen LogP contribution in [0.4, 0.5) is 5.82 Å². The molecule has 0 spiro atoms. The number of rotatable bonds is 5. The van der Waals surface area contributed by atoms with Gasteiger partial charge in [0.05, 0.1) is 26.2 Å². The van der Waals surface area contributed by atoms with E-state index in [0.717, 1.165) is 40.4 Å². The Morgan fingerprint density at radius 3 is 2.26 bits per heavy atom. The molecule has 4 aromatic rings. The molecule has 1 amide bonds. The summed E-state index contributed by atoms with van der Waals surface area (Å²) in [4.78, 5) is 14.2. The molecule has 5 rings (SSSR count). The summed E-state index contributed by atoms with van der Waals surface area (Å²) in [6.45, 7) is 1.38. The number of carbonyl (C=O) groups excluding carboxylic acids is 1. The Morgan fingerprint density at radius 2 is 1.64 bits per heavy atom. The fraction of sp³-hybridized carbons (Fsp3) is 0.267. The van der Waals surface area contributed by atoms with Gasteiger partial charge in [-0.05, 0) is 65.6 Å². The Morgan fingerprint density at radius 1 is 1.00 bits per heavy atom. The quantitative estimate of drug-likeness (QED) is 0.255. The second kappa shape index (κ2) is 12.5. The van der Waals surface area contributed by atoms with E-state index in [1.165, 1.54) is 5.56 Å². The Hall–Kier alpha value is -4.29. The number of nitrogens with zero attached hydrogens (tertiary/aromatic N) is 2. The topological polar surface area (TPSA) is 100 Å². The summed E-state index contributed by atoms with van der Waals surface area (Å²) in [5, 5.41) is 4.52. The predicted molar refractivity (Wildman–Crippen MR) is 155 cm³/mol. The molecule has 1 fully saturated rings. The first-order valence-corrected chi connectivity index (χ1v) is 12.8. The molecule has 0 unspecified atom stereocenters. The standard InChI is InChI=1S/C22H21N3O3.C8H10O2S/c1-3-20(26)25-9-7-14(8-10-25)15-5-4-6-16(11-15)17-12-18(27-2)21-19(13-17)28-24-22(21)23;1-9-6-4-3-5-7(10-2)8(6)11/h1,4-6,11-14H,7-10H2,2H3,(H2,23,24);3-5,11H,1-2H3. The van der Waals surface area contributed by atoms with Crippen LogP contribution in [0.3, 0.4) is 0 Å². The number of amides is 1. The lowest BCUT2D eigenvalue weighted by atomic mass is 9.87. The van der Waals surface area contributed by atoms with E-state index >= 15 is 0 Å². The van der Waals surface area contributed by atoms with Gasteiger partial charge in [0.25, 0.3) is 5.91 Å². The highest BCUT2D eigenvalue weighted by atomic mass is 32.1. The number of anilines is 1. The number of hydrogen-bond donors (Lipinski definition) is 2. The lowest BCUT2D eigenvalue weighted by Crippen LogP contribution is -2.37. The van der Waals surface area contributed by atoms with E-state index in [2.05, 4.69) is 48.0 Å². The molecule has 3 aromatic carbocycles. The van der Waals surface area contributed by atoms with Gasteiger partial charge in [-0.25, -0.2) is 0 Å². The summed E-state index contributed by atoms with van der Waals surface area (Å²) in [5.74, 6) is 4.79. The van der Waals surface area contributed by atoms with Gasteiger partial charge in [0.15, 0.2) is 11.4 Å². The summed E-state index contributed by atoms with van der Waals surface area (Å²) in [6.07, 6.45) is 7.03. The molecule has 1 aliphatic rings. The van der Waals surface area contributed by atoms with Crippen molar-refractivity contribution >= 4 is 35.3 Å². The van der Waals surface area contributed by atoms with Gasteiger partial charge in [-0.15, -0.1) is 19.1 Å². The maximum Gasteiger partial charge on any atom is 0.298 e. The highest BCUT2D eigenvalue weighted by molar-refractivity contribution is 7.80. The molecule has 1 aromatic heterocycles. The lowest BCUT2D eigenvalue weighted by molar-refractivity contribution is -0.126. The Balaban J connectivity index is 0.000000270. The molecule has 9 heteroatoms. The molecule has 0 atom stereocenters. The number of ether oxygens (including phenoxy) is 3. The molecule has 1 saturated heterocycles. The van der Waals surface area contributed by atoms with Crippen molar-refractivity contribution in [2.45, 2.75) is 23.7 Å². The molecular formula is C30H31N3O5S. The monoisotopic (exact) mass is 545 g/mol. The van der Waals surface area contributed by atoms with E-state index in [0.29, 0.717) is 41.5 Å². The minimum absolute atomic E-state index is 0.223. The highest BCUT2D eigenvalue weighted by Crippen LogP contribution is 2.37. The highest BCUT2D eigenvalue weighted by Gasteiger charge is 2.23. The number of nitrogen functional groups attached to an aromatic ring is 1. The molecular weight excluding hydrogens is 514 g/mol. The zero-order valence-corrected chi connectivity index (χ0v) is 23.0. The Bertz CT molecular complexity index is 1480. The average molecular weight is 546 g/mol. The summed E-state index contributed by atoms with van der Waals surface area (Å²) >= 11 is 4.22. The van der Waals surface area contributed by atoms with Gasteiger partial charge < -0.3 is 29.4 Å². The minimum atomic E-state index is -0.223. The van der Waals surface area contributed by atoms with Crippen LogP contribution < -0.4 is 19.9 Å². The third-order valence-electron chi connectivity index (χ3n) is 6.78. The van der Waals surface area contributed by atoms with Crippen molar-refractivity contribution < 1.29 is 23.5 Å². The zero-order chi connectivity index (χ0) is 27.9. The van der Waals surface area contributed by atoms with Crippen LogP contribution >= 0.6 is 12.6 Å². The molecule has 1 aliphatic heterocycles. The maximum atomic E-state index is 11.7. The van der Waals surface area contributed by atoms with Crippen LogP contribution in [0.2, 0.25) is 0 Å². The molecule has 0 saturated carbocycles. The van der Waals surface area contributed by atoms with Crippen molar-refractivity contribution in [1.29, 1.82) is 0 Å². The second-order valence-electron chi connectivity index (χ2n) is 8.97. The van der Waals surface area contributed by atoms with Crippen LogP contribution in [0.5, 0.6) is 17.2 Å². The van der Waals surface area contributed by atoms with Gasteiger partial charge in [0.1, 0.15) is 22.6 Å². The molecule has 2 heterocycles. The smallest absolute Gasteiger partial charge is 0.298 e. The molecule has 8 nitrogen and oxygen atoms in total. The van der Waals surface area contributed by atoms with Crippen LogP contribution in [0.1, 0.15) is 24.3 Å². The van der Waals surface area contributed by atoms with Gasteiger partial charge in [-0.3, -0.25) is 4.79 Å². The third-order valence-corrected chi connectivity index (χ3v) is 7.22. The van der Waals surface area contributed by atoms with Crippen molar-refractivity contribution in [3.63, 3.8) is 0 Å². The number of aromatic nitrogens is 1. The van der Waals surface area contributed by atoms with Gasteiger partial charge >= 0.3 is 0 Å². The van der Waals surface area contributed by atoms with Crippen LogP contribution in [0.15, 0.2) is 64.0 Å². The van der Waals surface area contributed by atoms with E-state index in [4.69, 9.17) is 30.9 Å². The molecule has 2 N–H and O–H groups in total. The van der Waals surface area contributed by atoms with E-state index in [9.17, 15) is 4.79 Å². The third kappa shape index (κ3) is 6.07. The van der Waals surface area contributed by atoms with Gasteiger partial charge in [-0.1, -0.05) is 35.5 Å². The van der Waals surface area contributed by atoms with Crippen LogP contribution in [-0.2, 0) is 4.79 Å². The number of piperidine rings is 1. The van der Waals surface area contributed by atoms with Crippen LogP contribution in [-0.4, -0.2) is 50.4 Å². The minimum Gasteiger partial charge on any atom is -0.496 e. The first-order chi connectivity index (χ1) is 18.9. The molecule has 0 aliphatic carbocycles. The van der Waals surface area contributed by atoms with Crippen LogP contribution in [0, 0.1) is 12.3 Å². The van der Waals surface area contributed by atoms with Gasteiger partial charge in [0.2, 0.25) is 0 Å². The second-order valence-corrected chi connectivity index (χ2v) is 9.41. The number of methoxy groups -OCH3 is 3. The molecule has 0 radical (unpaired) electrons. The Labute approximate surface area is 233 Å². The van der Waals surface area contributed by atoms with E-state index in [1.807, 2.05) is 30.3 Å². The molecule has 202 valence electrons. The molecule has 39 heavy (non-hydrogen) atoms. The van der Waals surface area contributed by atoms with Crippen LogP contribution in [0.25, 0.3) is 22.1 Å². The zero-order valence-electron chi connectivity index (χ0n) is 22.1. The van der Waals surface area contributed by atoms with E-state index < -0.39 is 0 Å². The summed E-state index contributed by atoms with van der Waals surface area (Å²) < 4.78 is 20.9. The average Bonchev–Trinajstić information content (AvgIpc) is 3.37. The first kappa shape index (κ1) is 27.7. The number of carbonyl (C=O) groups is 1.